The first-order valence-corrected chi connectivity index (χ1v) is 5.89. The molecular formula is C12H8BrNO5. The normalized spacial score (nSPS) is 10.2. The molecule has 2 aromatic rings. The second-order valence-corrected chi connectivity index (χ2v) is 4.29. The molecule has 1 aromatic heterocycles. The van der Waals surface area contributed by atoms with Crippen LogP contribution in [0.1, 0.15) is 20.7 Å². The van der Waals surface area contributed by atoms with Crippen molar-refractivity contribution in [3.05, 3.63) is 46.3 Å². The van der Waals surface area contributed by atoms with Crippen LogP contribution in [0, 0.1) is 0 Å². The van der Waals surface area contributed by atoms with Gasteiger partial charge < -0.3 is 19.9 Å². The third-order valence-electron chi connectivity index (χ3n) is 2.38. The number of para-hydroxylation sites is 1. The van der Waals surface area contributed by atoms with Gasteiger partial charge in [-0.25, -0.2) is 4.79 Å². The number of halogens is 1. The lowest BCUT2D eigenvalue weighted by atomic mass is 10.1. The van der Waals surface area contributed by atoms with Crippen molar-refractivity contribution in [1.82, 2.24) is 0 Å². The minimum atomic E-state index is -1.28. The summed E-state index contributed by atoms with van der Waals surface area (Å²) in [7, 11) is 0. The predicted octanol–water partition coefficient (Wildman–Crippen LogP) is 2.70. The van der Waals surface area contributed by atoms with Crippen LogP contribution in [0.4, 0.5) is 5.69 Å². The van der Waals surface area contributed by atoms with E-state index in [-0.39, 0.29) is 21.5 Å². The maximum Gasteiger partial charge on any atom is 0.339 e. The van der Waals surface area contributed by atoms with Gasteiger partial charge >= 0.3 is 5.97 Å². The molecule has 0 saturated heterocycles. The molecule has 3 N–H and O–H groups in total. The van der Waals surface area contributed by atoms with Crippen LogP contribution in [0.15, 0.2) is 39.6 Å². The molecule has 0 aliphatic heterocycles. The van der Waals surface area contributed by atoms with Gasteiger partial charge in [0.2, 0.25) is 0 Å². The summed E-state index contributed by atoms with van der Waals surface area (Å²) in [4.78, 5) is 22.7. The number of nitrogens with one attached hydrogen (secondary N) is 1. The van der Waals surface area contributed by atoms with Crippen molar-refractivity contribution < 1.29 is 24.2 Å². The lowest BCUT2D eigenvalue weighted by Crippen LogP contribution is -2.12. The van der Waals surface area contributed by atoms with Crippen molar-refractivity contribution in [2.45, 2.75) is 0 Å². The molecule has 0 aliphatic rings. The van der Waals surface area contributed by atoms with Crippen LogP contribution in [-0.4, -0.2) is 22.1 Å². The molecule has 1 heterocycles. The molecule has 6 nitrogen and oxygen atoms in total. The Morgan fingerprint density at radius 3 is 2.53 bits per heavy atom. The molecule has 19 heavy (non-hydrogen) atoms. The van der Waals surface area contributed by atoms with Crippen LogP contribution >= 0.6 is 15.9 Å². The number of carbonyl (C=O) groups is 2. The van der Waals surface area contributed by atoms with E-state index >= 15 is 0 Å². The van der Waals surface area contributed by atoms with Crippen molar-refractivity contribution in [1.29, 1.82) is 0 Å². The number of furan rings is 1. The number of rotatable bonds is 3. The summed E-state index contributed by atoms with van der Waals surface area (Å²) in [5.41, 5.74) is -0.0396. The number of phenols is 1. The van der Waals surface area contributed by atoms with E-state index in [0.29, 0.717) is 0 Å². The lowest BCUT2D eigenvalue weighted by Gasteiger charge is -2.08. The third-order valence-corrected chi connectivity index (χ3v) is 2.99. The highest BCUT2D eigenvalue weighted by Gasteiger charge is 2.17. The summed E-state index contributed by atoms with van der Waals surface area (Å²) in [5, 5.41) is 21.0. The van der Waals surface area contributed by atoms with Gasteiger partial charge in [-0.3, -0.25) is 4.79 Å². The second kappa shape index (κ2) is 5.15. The van der Waals surface area contributed by atoms with Crippen LogP contribution in [0.3, 0.4) is 0 Å². The SMILES string of the molecule is O=C(Nc1cccc(C(=O)O)c1O)c1ccoc1Br. The molecule has 0 aliphatic carbocycles. The van der Waals surface area contributed by atoms with Gasteiger partial charge in [0.05, 0.1) is 17.5 Å². The van der Waals surface area contributed by atoms with Gasteiger partial charge in [0, 0.05) is 0 Å². The Morgan fingerprint density at radius 2 is 1.95 bits per heavy atom. The molecule has 2 rings (SSSR count). The Morgan fingerprint density at radius 1 is 1.21 bits per heavy atom. The number of carboxylic acids is 1. The second-order valence-electron chi connectivity index (χ2n) is 3.57. The summed E-state index contributed by atoms with van der Waals surface area (Å²) in [6.07, 6.45) is 1.33. The van der Waals surface area contributed by atoms with Gasteiger partial charge in [-0.05, 0) is 34.1 Å². The largest absolute Gasteiger partial charge is 0.505 e. The topological polar surface area (TPSA) is 99.8 Å². The van der Waals surface area contributed by atoms with Crippen molar-refractivity contribution in [3.8, 4) is 5.75 Å². The van der Waals surface area contributed by atoms with E-state index in [1.165, 1.54) is 30.5 Å². The molecule has 0 radical (unpaired) electrons. The van der Waals surface area contributed by atoms with Crippen LogP contribution < -0.4 is 5.32 Å². The Hall–Kier alpha value is -2.28. The van der Waals surface area contributed by atoms with E-state index in [1.54, 1.807) is 0 Å². The van der Waals surface area contributed by atoms with Gasteiger partial charge in [0.1, 0.15) is 5.56 Å². The molecule has 7 heteroatoms. The van der Waals surface area contributed by atoms with E-state index in [4.69, 9.17) is 9.52 Å². The molecule has 0 saturated carbocycles. The van der Waals surface area contributed by atoms with Crippen molar-refractivity contribution >= 4 is 33.5 Å². The Labute approximate surface area is 115 Å². The fourth-order valence-corrected chi connectivity index (χ4v) is 1.88. The van der Waals surface area contributed by atoms with Crippen LogP contribution in [-0.2, 0) is 0 Å². The first kappa shape index (κ1) is 13.2. The zero-order valence-corrected chi connectivity index (χ0v) is 11.0. The molecular weight excluding hydrogens is 318 g/mol. The summed E-state index contributed by atoms with van der Waals surface area (Å²) in [5.74, 6) is -2.31. The lowest BCUT2D eigenvalue weighted by molar-refractivity contribution is 0.0693. The number of anilines is 1. The summed E-state index contributed by atoms with van der Waals surface area (Å²) in [6.45, 7) is 0. The van der Waals surface area contributed by atoms with Crippen LogP contribution in [0.25, 0.3) is 0 Å². The quantitative estimate of drug-likeness (QED) is 0.753. The first-order chi connectivity index (χ1) is 9.00. The number of benzene rings is 1. The number of aromatic carboxylic acids is 1. The smallest absolute Gasteiger partial charge is 0.339 e. The molecule has 1 amide bonds. The third kappa shape index (κ3) is 2.60. The Bertz CT molecular complexity index is 649. The summed E-state index contributed by atoms with van der Waals surface area (Å²) in [6, 6.07) is 5.50. The molecule has 0 atom stereocenters. The van der Waals surface area contributed by atoms with E-state index in [9.17, 15) is 14.7 Å². The summed E-state index contributed by atoms with van der Waals surface area (Å²) >= 11 is 3.05. The number of carbonyl (C=O) groups excluding carboxylic acids is 1. The highest BCUT2D eigenvalue weighted by Crippen LogP contribution is 2.28. The van der Waals surface area contributed by atoms with Gasteiger partial charge in [-0.2, -0.15) is 0 Å². The number of hydrogen-bond acceptors (Lipinski definition) is 4. The molecule has 0 bridgehead atoms. The fraction of sp³-hybridized carbons (Fsp3) is 0. The molecule has 0 spiro atoms. The van der Waals surface area contributed by atoms with Crippen molar-refractivity contribution in [3.63, 3.8) is 0 Å². The van der Waals surface area contributed by atoms with Crippen LogP contribution in [0.5, 0.6) is 5.75 Å². The van der Waals surface area contributed by atoms with Crippen LogP contribution in [0.2, 0.25) is 0 Å². The van der Waals surface area contributed by atoms with Gasteiger partial charge in [-0.15, -0.1) is 0 Å². The fourth-order valence-electron chi connectivity index (χ4n) is 1.46. The average molecular weight is 326 g/mol. The first-order valence-electron chi connectivity index (χ1n) is 5.10. The average Bonchev–Trinajstić information content (AvgIpc) is 2.77. The summed E-state index contributed by atoms with van der Waals surface area (Å²) < 4.78 is 5.16. The minimum absolute atomic E-state index is 0.0120. The number of aromatic hydroxyl groups is 1. The molecule has 98 valence electrons. The Balaban J connectivity index is 2.30. The maximum absolute atomic E-state index is 11.9. The van der Waals surface area contributed by atoms with E-state index < -0.39 is 17.6 Å². The van der Waals surface area contributed by atoms with Gasteiger partial charge in [0.15, 0.2) is 10.4 Å². The van der Waals surface area contributed by atoms with Crippen molar-refractivity contribution in [2.24, 2.45) is 0 Å². The zero-order valence-electron chi connectivity index (χ0n) is 9.38. The van der Waals surface area contributed by atoms with E-state index in [0.717, 1.165) is 0 Å². The zero-order chi connectivity index (χ0) is 14.0. The molecule has 1 aromatic carbocycles. The standard InChI is InChI=1S/C12H8BrNO5/c13-10-7(4-5-19-10)11(16)14-8-3-1-2-6(9(8)15)12(17)18/h1-5,15H,(H,14,16)(H,17,18). The van der Waals surface area contributed by atoms with Crippen molar-refractivity contribution in [2.75, 3.05) is 5.32 Å². The van der Waals surface area contributed by atoms with Gasteiger partial charge in [0.25, 0.3) is 5.91 Å². The number of amides is 1. The predicted molar refractivity (Wildman–Crippen MR) is 69.4 cm³/mol. The highest BCUT2D eigenvalue weighted by molar-refractivity contribution is 9.10. The number of carboxylic acid groups (broad SMARTS) is 1. The van der Waals surface area contributed by atoms with E-state index in [1.807, 2.05) is 0 Å². The minimum Gasteiger partial charge on any atom is -0.505 e. The molecule has 0 unspecified atom stereocenters. The monoisotopic (exact) mass is 325 g/mol. The maximum atomic E-state index is 11.9. The Kier molecular flexibility index (Phi) is 3.57. The number of hydrogen-bond donors (Lipinski definition) is 3. The van der Waals surface area contributed by atoms with E-state index in [2.05, 4.69) is 21.2 Å². The molecule has 0 fully saturated rings. The highest BCUT2D eigenvalue weighted by atomic mass is 79.9. The van der Waals surface area contributed by atoms with Gasteiger partial charge in [-0.1, -0.05) is 6.07 Å².